The molecule has 0 spiro atoms. The summed E-state index contributed by atoms with van der Waals surface area (Å²) >= 11 is 0. The van der Waals surface area contributed by atoms with Crippen molar-refractivity contribution in [1.29, 1.82) is 0 Å². The van der Waals surface area contributed by atoms with Gasteiger partial charge in [0.2, 0.25) is 0 Å². The van der Waals surface area contributed by atoms with Crippen molar-refractivity contribution < 1.29 is 9.50 Å². The van der Waals surface area contributed by atoms with Crippen LogP contribution in [0.2, 0.25) is 0 Å². The average molecular weight is 333 g/mol. The zero-order valence-electron chi connectivity index (χ0n) is 13.8. The molecule has 0 aromatic heterocycles. The average Bonchev–Trinajstić information content (AvgIpc) is 2.63. The lowest BCUT2D eigenvalue weighted by Crippen LogP contribution is -2.60. The molecule has 1 heterocycles. The third-order valence-electron chi connectivity index (χ3n) is 4.91. The smallest absolute Gasteiger partial charge is 0.123 e. The summed E-state index contributed by atoms with van der Waals surface area (Å²) in [6, 6.07) is 26.9. The van der Waals surface area contributed by atoms with Crippen LogP contribution in [0.15, 0.2) is 84.9 Å². The molecule has 126 valence electrons. The van der Waals surface area contributed by atoms with Gasteiger partial charge in [0.15, 0.2) is 0 Å². The van der Waals surface area contributed by atoms with E-state index < -0.39 is 5.60 Å². The van der Waals surface area contributed by atoms with Gasteiger partial charge < -0.3 is 5.11 Å². The SMILES string of the molecule is OC1(c2ccc(F)cc2)CN(C(c2ccccc2)c2ccccc2)C1. The number of β-amino-alcohol motifs (C(OH)–C–C–N with tert-alkyl or cyclic N) is 1. The first kappa shape index (κ1) is 16.0. The summed E-state index contributed by atoms with van der Waals surface area (Å²) in [5.74, 6) is -0.282. The molecule has 0 amide bonds. The van der Waals surface area contributed by atoms with Crippen LogP contribution in [0.25, 0.3) is 0 Å². The molecule has 0 saturated carbocycles. The molecule has 0 atom stereocenters. The molecule has 4 rings (SSSR count). The standard InChI is InChI=1S/C22H20FNO/c23-20-13-11-19(12-14-20)22(25)15-24(16-22)21(17-7-3-1-4-8-17)18-9-5-2-6-10-18/h1-14,21,25H,15-16H2. The van der Waals surface area contributed by atoms with Gasteiger partial charge in [-0.25, -0.2) is 4.39 Å². The Hall–Kier alpha value is -2.49. The highest BCUT2D eigenvalue weighted by atomic mass is 19.1. The van der Waals surface area contributed by atoms with Gasteiger partial charge in [0.1, 0.15) is 11.4 Å². The highest BCUT2D eigenvalue weighted by Gasteiger charge is 2.46. The molecular formula is C22H20FNO. The number of aliphatic hydroxyl groups is 1. The van der Waals surface area contributed by atoms with Gasteiger partial charge >= 0.3 is 0 Å². The number of halogens is 1. The number of likely N-dealkylation sites (tertiary alicyclic amines) is 1. The Morgan fingerprint density at radius 1 is 0.760 bits per heavy atom. The molecule has 1 aliphatic heterocycles. The molecule has 3 aromatic rings. The van der Waals surface area contributed by atoms with E-state index in [9.17, 15) is 9.50 Å². The Balaban J connectivity index is 1.61. The third-order valence-corrected chi connectivity index (χ3v) is 4.91. The summed E-state index contributed by atoms with van der Waals surface area (Å²) in [5, 5.41) is 10.9. The number of benzene rings is 3. The summed E-state index contributed by atoms with van der Waals surface area (Å²) in [7, 11) is 0. The molecule has 2 nitrogen and oxygen atoms in total. The molecule has 3 heteroatoms. The van der Waals surface area contributed by atoms with Gasteiger partial charge in [0, 0.05) is 13.1 Å². The van der Waals surface area contributed by atoms with Gasteiger partial charge in [-0.05, 0) is 28.8 Å². The lowest BCUT2D eigenvalue weighted by atomic mass is 9.82. The second-order valence-corrected chi connectivity index (χ2v) is 6.67. The van der Waals surface area contributed by atoms with Gasteiger partial charge in [-0.1, -0.05) is 72.8 Å². The molecule has 0 unspecified atom stereocenters. The molecule has 1 fully saturated rings. The van der Waals surface area contributed by atoms with Crippen molar-refractivity contribution in [1.82, 2.24) is 4.90 Å². The molecule has 0 bridgehead atoms. The maximum atomic E-state index is 13.2. The fraction of sp³-hybridized carbons (Fsp3) is 0.182. The predicted molar refractivity (Wildman–Crippen MR) is 96.6 cm³/mol. The zero-order valence-corrected chi connectivity index (χ0v) is 13.8. The molecular weight excluding hydrogens is 313 g/mol. The van der Waals surface area contributed by atoms with Crippen molar-refractivity contribution in [3.63, 3.8) is 0 Å². The van der Waals surface area contributed by atoms with Gasteiger partial charge in [-0.2, -0.15) is 0 Å². The van der Waals surface area contributed by atoms with E-state index in [0.717, 1.165) is 5.56 Å². The minimum Gasteiger partial charge on any atom is -0.382 e. The second kappa shape index (κ2) is 6.43. The van der Waals surface area contributed by atoms with E-state index in [1.54, 1.807) is 12.1 Å². The Kier molecular flexibility index (Phi) is 4.12. The number of hydrogen-bond acceptors (Lipinski definition) is 2. The van der Waals surface area contributed by atoms with E-state index in [-0.39, 0.29) is 11.9 Å². The molecule has 25 heavy (non-hydrogen) atoms. The van der Waals surface area contributed by atoms with Crippen LogP contribution in [-0.2, 0) is 5.60 Å². The molecule has 0 aliphatic carbocycles. The summed E-state index contributed by atoms with van der Waals surface area (Å²) in [5.41, 5.74) is 2.25. The molecule has 1 N–H and O–H groups in total. The lowest BCUT2D eigenvalue weighted by molar-refractivity contribution is -0.116. The van der Waals surface area contributed by atoms with Crippen LogP contribution in [0.5, 0.6) is 0 Å². The predicted octanol–water partition coefficient (Wildman–Crippen LogP) is 4.12. The second-order valence-electron chi connectivity index (χ2n) is 6.67. The summed E-state index contributed by atoms with van der Waals surface area (Å²) in [4.78, 5) is 2.26. The summed E-state index contributed by atoms with van der Waals surface area (Å²) < 4.78 is 13.2. The maximum absolute atomic E-state index is 13.2. The molecule has 0 radical (unpaired) electrons. The fourth-order valence-electron chi connectivity index (χ4n) is 3.64. The maximum Gasteiger partial charge on any atom is 0.123 e. The zero-order chi connectivity index (χ0) is 17.3. The van der Waals surface area contributed by atoms with Crippen LogP contribution in [0.3, 0.4) is 0 Å². The van der Waals surface area contributed by atoms with Crippen LogP contribution in [0, 0.1) is 5.82 Å². The fourth-order valence-corrected chi connectivity index (χ4v) is 3.64. The van der Waals surface area contributed by atoms with Crippen molar-refractivity contribution in [2.45, 2.75) is 11.6 Å². The van der Waals surface area contributed by atoms with Crippen molar-refractivity contribution >= 4 is 0 Å². The topological polar surface area (TPSA) is 23.5 Å². The van der Waals surface area contributed by atoms with E-state index in [1.165, 1.54) is 23.3 Å². The minimum atomic E-state index is -0.921. The van der Waals surface area contributed by atoms with E-state index in [2.05, 4.69) is 29.2 Å². The van der Waals surface area contributed by atoms with Crippen molar-refractivity contribution in [3.8, 4) is 0 Å². The minimum absolute atomic E-state index is 0.100. The van der Waals surface area contributed by atoms with E-state index in [0.29, 0.717) is 13.1 Å². The van der Waals surface area contributed by atoms with E-state index >= 15 is 0 Å². The molecule has 1 aliphatic rings. The molecule has 1 saturated heterocycles. The van der Waals surface area contributed by atoms with Crippen molar-refractivity contribution in [2.75, 3.05) is 13.1 Å². The van der Waals surface area contributed by atoms with Crippen LogP contribution in [-0.4, -0.2) is 23.1 Å². The van der Waals surface area contributed by atoms with Crippen LogP contribution < -0.4 is 0 Å². The van der Waals surface area contributed by atoms with Crippen LogP contribution in [0.4, 0.5) is 4.39 Å². The first-order valence-corrected chi connectivity index (χ1v) is 8.48. The van der Waals surface area contributed by atoms with Crippen LogP contribution >= 0.6 is 0 Å². The highest BCUT2D eigenvalue weighted by Crippen LogP contribution is 2.40. The number of rotatable bonds is 4. The normalized spacial score (nSPS) is 16.6. The third kappa shape index (κ3) is 3.09. The highest BCUT2D eigenvalue weighted by molar-refractivity contribution is 5.35. The van der Waals surface area contributed by atoms with Gasteiger partial charge in [0.05, 0.1) is 6.04 Å². The van der Waals surface area contributed by atoms with Crippen molar-refractivity contribution in [2.24, 2.45) is 0 Å². The Labute approximate surface area is 147 Å². The quantitative estimate of drug-likeness (QED) is 0.776. The first-order chi connectivity index (χ1) is 12.2. The number of hydrogen-bond donors (Lipinski definition) is 1. The lowest BCUT2D eigenvalue weighted by Gasteiger charge is -2.50. The summed E-state index contributed by atoms with van der Waals surface area (Å²) in [6.45, 7) is 1.04. The first-order valence-electron chi connectivity index (χ1n) is 8.48. The van der Waals surface area contributed by atoms with Gasteiger partial charge in [0.25, 0.3) is 0 Å². The Morgan fingerprint density at radius 2 is 1.24 bits per heavy atom. The number of nitrogens with zero attached hydrogens (tertiary/aromatic N) is 1. The molecule has 3 aromatic carbocycles. The largest absolute Gasteiger partial charge is 0.382 e. The Bertz CT molecular complexity index is 787. The monoisotopic (exact) mass is 333 g/mol. The van der Waals surface area contributed by atoms with E-state index in [1.807, 2.05) is 36.4 Å². The summed E-state index contributed by atoms with van der Waals surface area (Å²) in [6.07, 6.45) is 0. The van der Waals surface area contributed by atoms with Gasteiger partial charge in [-0.3, -0.25) is 4.90 Å². The van der Waals surface area contributed by atoms with Gasteiger partial charge in [-0.15, -0.1) is 0 Å². The van der Waals surface area contributed by atoms with Crippen LogP contribution in [0.1, 0.15) is 22.7 Å². The Morgan fingerprint density at radius 3 is 1.72 bits per heavy atom. The van der Waals surface area contributed by atoms with E-state index in [4.69, 9.17) is 0 Å². The van der Waals surface area contributed by atoms with Crippen molar-refractivity contribution in [3.05, 3.63) is 107 Å².